The van der Waals surface area contributed by atoms with Gasteiger partial charge in [-0.15, -0.1) is 5.10 Å². The lowest BCUT2D eigenvalue weighted by Crippen LogP contribution is -2.19. The number of aryl methyl sites for hydroxylation is 1. The second-order valence-corrected chi connectivity index (χ2v) is 3.40. The van der Waals surface area contributed by atoms with Crippen molar-refractivity contribution in [1.82, 2.24) is 25.8 Å². The zero-order chi connectivity index (χ0) is 11.4. The van der Waals surface area contributed by atoms with Crippen LogP contribution < -0.4 is 4.90 Å². The van der Waals surface area contributed by atoms with E-state index in [9.17, 15) is 0 Å². The SMILES string of the molecule is CN(CCCc1nnn[nH]1)c1cc(O)on1. The van der Waals surface area contributed by atoms with E-state index in [1.807, 2.05) is 11.9 Å². The van der Waals surface area contributed by atoms with Gasteiger partial charge in [0.1, 0.15) is 5.82 Å². The summed E-state index contributed by atoms with van der Waals surface area (Å²) in [6.45, 7) is 0.771. The highest BCUT2D eigenvalue weighted by molar-refractivity contribution is 5.38. The predicted molar refractivity (Wildman–Crippen MR) is 53.9 cm³/mol. The van der Waals surface area contributed by atoms with E-state index in [0.29, 0.717) is 5.82 Å². The molecule has 0 radical (unpaired) electrons. The van der Waals surface area contributed by atoms with Crippen molar-refractivity contribution in [2.45, 2.75) is 12.8 Å². The van der Waals surface area contributed by atoms with Crippen molar-refractivity contribution in [2.24, 2.45) is 0 Å². The number of aromatic amines is 1. The van der Waals surface area contributed by atoms with Crippen LogP contribution in [0.25, 0.3) is 0 Å². The molecule has 0 fully saturated rings. The van der Waals surface area contributed by atoms with Crippen LogP contribution in [0.5, 0.6) is 5.95 Å². The minimum absolute atomic E-state index is 0.179. The predicted octanol–water partition coefficient (Wildman–Crippen LogP) is -0.0377. The number of aromatic nitrogens is 5. The minimum Gasteiger partial charge on any atom is -0.479 e. The number of tetrazole rings is 1. The first-order chi connectivity index (χ1) is 7.75. The van der Waals surface area contributed by atoms with Gasteiger partial charge in [0.15, 0.2) is 5.82 Å². The molecule has 86 valence electrons. The van der Waals surface area contributed by atoms with Crippen LogP contribution >= 0.6 is 0 Å². The zero-order valence-corrected chi connectivity index (χ0v) is 8.79. The highest BCUT2D eigenvalue weighted by atomic mass is 16.5. The number of rotatable bonds is 5. The van der Waals surface area contributed by atoms with Gasteiger partial charge < -0.3 is 14.5 Å². The van der Waals surface area contributed by atoms with Crippen molar-refractivity contribution in [2.75, 3.05) is 18.5 Å². The average Bonchev–Trinajstić information content (AvgIpc) is 2.89. The summed E-state index contributed by atoms with van der Waals surface area (Å²) in [5.74, 6) is 1.19. The Morgan fingerprint density at radius 2 is 2.44 bits per heavy atom. The van der Waals surface area contributed by atoms with Gasteiger partial charge in [-0.25, -0.2) is 5.10 Å². The number of aromatic hydroxyl groups is 1. The second-order valence-electron chi connectivity index (χ2n) is 3.40. The molecule has 0 spiro atoms. The van der Waals surface area contributed by atoms with Gasteiger partial charge in [-0.3, -0.25) is 0 Å². The first-order valence-corrected chi connectivity index (χ1v) is 4.85. The fraction of sp³-hybridized carbons (Fsp3) is 0.500. The summed E-state index contributed by atoms with van der Waals surface area (Å²) in [6.07, 6.45) is 1.64. The average molecular weight is 224 g/mol. The monoisotopic (exact) mass is 224 g/mol. The molecule has 0 saturated heterocycles. The molecule has 2 rings (SSSR count). The Kier molecular flexibility index (Phi) is 2.99. The number of hydrogen-bond acceptors (Lipinski definition) is 7. The topological polar surface area (TPSA) is 104 Å². The van der Waals surface area contributed by atoms with Crippen LogP contribution in [0.3, 0.4) is 0 Å². The summed E-state index contributed by atoms with van der Waals surface area (Å²) >= 11 is 0. The van der Waals surface area contributed by atoms with Crippen molar-refractivity contribution in [3.05, 3.63) is 11.9 Å². The summed E-state index contributed by atoms with van der Waals surface area (Å²) in [7, 11) is 1.87. The van der Waals surface area contributed by atoms with E-state index in [-0.39, 0.29) is 5.95 Å². The molecule has 0 unspecified atom stereocenters. The lowest BCUT2D eigenvalue weighted by atomic mass is 10.3. The van der Waals surface area contributed by atoms with Crippen molar-refractivity contribution >= 4 is 5.82 Å². The van der Waals surface area contributed by atoms with E-state index in [1.54, 1.807) is 0 Å². The number of hydrogen-bond donors (Lipinski definition) is 2. The highest BCUT2D eigenvalue weighted by Gasteiger charge is 2.07. The number of anilines is 1. The molecule has 0 saturated carbocycles. The van der Waals surface area contributed by atoms with Gasteiger partial charge in [0.25, 0.3) is 0 Å². The Balaban J connectivity index is 1.78. The molecule has 0 aliphatic rings. The van der Waals surface area contributed by atoms with Crippen LogP contribution in [-0.4, -0.2) is 44.5 Å². The van der Waals surface area contributed by atoms with E-state index in [4.69, 9.17) is 5.11 Å². The Hall–Kier alpha value is -2.12. The van der Waals surface area contributed by atoms with Gasteiger partial charge in [-0.1, -0.05) is 5.16 Å². The third-order valence-electron chi connectivity index (χ3n) is 2.17. The first-order valence-electron chi connectivity index (χ1n) is 4.85. The van der Waals surface area contributed by atoms with Gasteiger partial charge >= 0.3 is 5.95 Å². The molecule has 0 aliphatic carbocycles. The maximum Gasteiger partial charge on any atom is 0.310 e. The number of nitrogens with zero attached hydrogens (tertiary/aromatic N) is 5. The normalized spacial score (nSPS) is 10.6. The fourth-order valence-electron chi connectivity index (χ4n) is 1.32. The quantitative estimate of drug-likeness (QED) is 0.734. The fourth-order valence-corrected chi connectivity index (χ4v) is 1.32. The van der Waals surface area contributed by atoms with Crippen LogP contribution in [0.4, 0.5) is 5.82 Å². The maximum atomic E-state index is 8.99. The molecule has 0 amide bonds. The molecule has 8 heteroatoms. The van der Waals surface area contributed by atoms with Crippen LogP contribution in [0.2, 0.25) is 0 Å². The summed E-state index contributed by atoms with van der Waals surface area (Å²) in [4.78, 5) is 1.88. The van der Waals surface area contributed by atoms with E-state index in [0.717, 1.165) is 25.2 Å². The minimum atomic E-state index is -0.179. The molecule has 0 aromatic carbocycles. The molecule has 0 aliphatic heterocycles. The number of H-pyrrole nitrogens is 1. The van der Waals surface area contributed by atoms with E-state index >= 15 is 0 Å². The highest BCUT2D eigenvalue weighted by Crippen LogP contribution is 2.17. The van der Waals surface area contributed by atoms with Crippen LogP contribution in [0.15, 0.2) is 10.6 Å². The summed E-state index contributed by atoms with van der Waals surface area (Å²) < 4.78 is 4.56. The molecule has 2 aromatic rings. The summed E-state index contributed by atoms with van der Waals surface area (Å²) in [5, 5.41) is 26.1. The van der Waals surface area contributed by atoms with E-state index < -0.39 is 0 Å². The van der Waals surface area contributed by atoms with Gasteiger partial charge in [0.2, 0.25) is 0 Å². The van der Waals surface area contributed by atoms with Crippen LogP contribution in [0.1, 0.15) is 12.2 Å². The van der Waals surface area contributed by atoms with Gasteiger partial charge in [0, 0.05) is 20.0 Å². The molecule has 2 heterocycles. The van der Waals surface area contributed by atoms with E-state index in [2.05, 4.69) is 30.3 Å². The molecule has 16 heavy (non-hydrogen) atoms. The van der Waals surface area contributed by atoms with Crippen molar-refractivity contribution < 1.29 is 9.63 Å². The van der Waals surface area contributed by atoms with Crippen molar-refractivity contribution in [1.29, 1.82) is 0 Å². The molecular formula is C8H12N6O2. The van der Waals surface area contributed by atoms with Gasteiger partial charge in [0.05, 0.1) is 6.07 Å². The smallest absolute Gasteiger partial charge is 0.310 e. The summed E-state index contributed by atoms with van der Waals surface area (Å²) in [6, 6.07) is 1.47. The van der Waals surface area contributed by atoms with Crippen molar-refractivity contribution in [3.8, 4) is 5.95 Å². The van der Waals surface area contributed by atoms with E-state index in [1.165, 1.54) is 6.07 Å². The van der Waals surface area contributed by atoms with Crippen molar-refractivity contribution in [3.63, 3.8) is 0 Å². The Morgan fingerprint density at radius 1 is 1.56 bits per heavy atom. The third kappa shape index (κ3) is 2.47. The first kappa shape index (κ1) is 10.4. The Labute approximate surface area is 91.2 Å². The van der Waals surface area contributed by atoms with Gasteiger partial charge in [-0.2, -0.15) is 0 Å². The largest absolute Gasteiger partial charge is 0.479 e. The molecule has 2 aromatic heterocycles. The zero-order valence-electron chi connectivity index (χ0n) is 8.79. The molecule has 2 N–H and O–H groups in total. The standard InChI is InChI=1S/C8H12N6O2/c1-14(7-5-8(15)16-11-7)4-2-3-6-9-12-13-10-6/h5,15H,2-4H2,1H3,(H,9,10,12,13). The molecule has 0 atom stereocenters. The Morgan fingerprint density at radius 3 is 3.06 bits per heavy atom. The van der Waals surface area contributed by atoms with Crippen LogP contribution in [0, 0.1) is 0 Å². The lowest BCUT2D eigenvalue weighted by Gasteiger charge is -2.13. The maximum absolute atomic E-state index is 8.99. The Bertz CT molecular complexity index is 425. The lowest BCUT2D eigenvalue weighted by molar-refractivity contribution is 0.278. The summed E-state index contributed by atoms with van der Waals surface area (Å²) in [5.41, 5.74) is 0. The van der Waals surface area contributed by atoms with Gasteiger partial charge in [-0.05, 0) is 16.8 Å². The number of nitrogens with one attached hydrogen (secondary N) is 1. The third-order valence-corrected chi connectivity index (χ3v) is 2.17. The molecular weight excluding hydrogens is 212 g/mol. The molecule has 8 nitrogen and oxygen atoms in total. The second kappa shape index (κ2) is 4.60. The van der Waals surface area contributed by atoms with Crippen LogP contribution in [-0.2, 0) is 6.42 Å². The molecule has 0 bridgehead atoms.